The van der Waals surface area contributed by atoms with Gasteiger partial charge in [-0.1, -0.05) is 60.7 Å². The molecular formula is C28H20N8. The number of benzene rings is 2. The van der Waals surface area contributed by atoms with Gasteiger partial charge in [0.2, 0.25) is 0 Å². The topological polar surface area (TPSA) is 87.2 Å². The van der Waals surface area contributed by atoms with Crippen LogP contribution in [0.15, 0.2) is 84.9 Å². The van der Waals surface area contributed by atoms with Crippen molar-refractivity contribution in [1.82, 2.24) is 39.0 Å². The molecule has 36 heavy (non-hydrogen) atoms. The van der Waals surface area contributed by atoms with Crippen molar-refractivity contribution in [2.75, 3.05) is 0 Å². The van der Waals surface area contributed by atoms with Gasteiger partial charge < -0.3 is 9.13 Å². The zero-order valence-electron chi connectivity index (χ0n) is 19.7. The quantitative estimate of drug-likeness (QED) is 0.299. The van der Waals surface area contributed by atoms with E-state index in [1.807, 2.05) is 108 Å². The van der Waals surface area contributed by atoms with E-state index in [0.717, 1.165) is 44.1 Å². The van der Waals surface area contributed by atoms with Crippen LogP contribution in [-0.2, 0) is 14.1 Å². The van der Waals surface area contributed by atoms with Crippen molar-refractivity contribution < 1.29 is 0 Å². The lowest BCUT2D eigenvalue weighted by Crippen LogP contribution is -1.94. The summed E-state index contributed by atoms with van der Waals surface area (Å²) in [5.74, 6) is 0. The Hall–Kier alpha value is -4.98. The van der Waals surface area contributed by atoms with Crippen LogP contribution in [0, 0.1) is 0 Å². The van der Waals surface area contributed by atoms with Crippen LogP contribution in [-0.4, -0.2) is 39.0 Å². The minimum absolute atomic E-state index is 0.574. The van der Waals surface area contributed by atoms with Gasteiger partial charge in [0.15, 0.2) is 22.6 Å². The maximum Gasteiger partial charge on any atom is 0.156 e. The highest BCUT2D eigenvalue weighted by molar-refractivity contribution is 6.06. The molecule has 2 aromatic carbocycles. The van der Waals surface area contributed by atoms with Gasteiger partial charge in [-0.15, -0.1) is 0 Å². The number of pyridine rings is 2. The Labute approximate surface area is 204 Å². The summed E-state index contributed by atoms with van der Waals surface area (Å²) in [6, 6.07) is 27.6. The Morgan fingerprint density at radius 1 is 0.361 bits per heavy atom. The van der Waals surface area contributed by atoms with E-state index in [4.69, 9.17) is 29.9 Å². The molecule has 0 aliphatic heterocycles. The monoisotopic (exact) mass is 468 g/mol. The average Bonchev–Trinajstić information content (AvgIpc) is 3.31. The molecule has 0 amide bonds. The maximum absolute atomic E-state index is 4.92. The molecule has 0 N–H and O–H groups in total. The van der Waals surface area contributed by atoms with Gasteiger partial charge in [0.1, 0.15) is 22.6 Å². The van der Waals surface area contributed by atoms with Crippen LogP contribution < -0.4 is 0 Å². The summed E-state index contributed by atoms with van der Waals surface area (Å²) in [5.41, 5.74) is 5.38. The fourth-order valence-corrected chi connectivity index (χ4v) is 4.72. The standard InChI is InChI=1S/C28H20N8/c1-35-25-17-9-3-4-10-18(17)26(35)32-22-14-8-16-24(30-22)34-28-20-12-6-5-11-19(20)27(36(28)2)33-23-15-7-13-21(29-23)31-25/h3-16H,1-2H3. The highest BCUT2D eigenvalue weighted by atomic mass is 15.1. The van der Waals surface area contributed by atoms with Gasteiger partial charge in [-0.2, -0.15) is 0 Å². The lowest BCUT2D eigenvalue weighted by Gasteiger charge is -1.97. The smallest absolute Gasteiger partial charge is 0.156 e. The highest BCUT2D eigenvalue weighted by Gasteiger charge is 2.11. The fraction of sp³-hybridized carbons (Fsp3) is 0.0714. The summed E-state index contributed by atoms with van der Waals surface area (Å²) in [6.07, 6.45) is 0. The minimum Gasteiger partial charge on any atom is -0.313 e. The molecule has 0 saturated heterocycles. The number of fused-ring (bicyclic) bond motifs is 14. The molecule has 0 atom stereocenters. The Bertz CT molecular complexity index is 1800. The van der Waals surface area contributed by atoms with Crippen LogP contribution in [0.1, 0.15) is 0 Å². The first-order valence-corrected chi connectivity index (χ1v) is 11.6. The molecule has 0 unspecified atom stereocenters. The number of aryl methyl sites for hydroxylation is 2. The summed E-state index contributed by atoms with van der Waals surface area (Å²) in [4.78, 5) is 29.2. The Balaban J connectivity index is 1.76. The summed E-state index contributed by atoms with van der Waals surface area (Å²) < 4.78 is 3.95. The largest absolute Gasteiger partial charge is 0.313 e. The molecule has 8 bridgehead atoms. The van der Waals surface area contributed by atoms with Crippen molar-refractivity contribution in [2.24, 2.45) is 14.1 Å². The predicted octanol–water partition coefficient (Wildman–Crippen LogP) is 5.34. The first-order chi connectivity index (χ1) is 17.7. The second-order valence-electron chi connectivity index (χ2n) is 8.66. The Morgan fingerprint density at radius 3 is 0.917 bits per heavy atom. The van der Waals surface area contributed by atoms with Crippen molar-refractivity contribution in [3.05, 3.63) is 84.9 Å². The number of nitrogens with zero attached hydrogens (tertiary/aromatic N) is 8. The lowest BCUT2D eigenvalue weighted by molar-refractivity contribution is 0.968. The summed E-state index contributed by atoms with van der Waals surface area (Å²) in [6.45, 7) is 0. The first-order valence-electron chi connectivity index (χ1n) is 11.6. The van der Waals surface area contributed by atoms with Crippen molar-refractivity contribution in [2.45, 2.75) is 0 Å². The molecule has 5 heterocycles. The van der Waals surface area contributed by atoms with Crippen LogP contribution >= 0.6 is 0 Å². The number of hydrogen-bond acceptors (Lipinski definition) is 6. The van der Waals surface area contributed by atoms with Gasteiger partial charge in [-0.25, -0.2) is 29.9 Å². The third kappa shape index (κ3) is 3.15. The number of aromatic nitrogens is 8. The minimum atomic E-state index is 0.574. The van der Waals surface area contributed by atoms with E-state index in [0.29, 0.717) is 22.6 Å². The van der Waals surface area contributed by atoms with Crippen molar-refractivity contribution in [3.63, 3.8) is 0 Å². The van der Waals surface area contributed by atoms with Gasteiger partial charge in [-0.05, 0) is 24.3 Å². The van der Waals surface area contributed by atoms with Gasteiger partial charge in [0.25, 0.3) is 0 Å². The van der Waals surface area contributed by atoms with Crippen molar-refractivity contribution in [3.8, 4) is 0 Å². The molecule has 7 aromatic rings. The molecule has 172 valence electrons. The molecule has 0 fully saturated rings. The molecule has 0 aliphatic carbocycles. The van der Waals surface area contributed by atoms with E-state index in [1.165, 1.54) is 0 Å². The SMILES string of the molecule is Cn1c2nc3cccc(n3)nc3c4ccccc4c(nc4cccc(n4)nc1c1ccccc12)n3C. The Kier molecular flexibility index (Phi) is 4.41. The van der Waals surface area contributed by atoms with Gasteiger partial charge in [0.05, 0.1) is 0 Å². The van der Waals surface area contributed by atoms with Crippen molar-refractivity contribution in [1.29, 1.82) is 0 Å². The predicted molar refractivity (Wildman–Crippen MR) is 143 cm³/mol. The molecule has 8 nitrogen and oxygen atoms in total. The third-order valence-corrected chi connectivity index (χ3v) is 6.41. The zero-order chi connectivity index (χ0) is 24.2. The molecule has 5 aromatic heterocycles. The van der Waals surface area contributed by atoms with Crippen LogP contribution in [0.4, 0.5) is 0 Å². The zero-order valence-corrected chi connectivity index (χ0v) is 19.7. The molecule has 8 heteroatoms. The molecule has 7 rings (SSSR count). The van der Waals surface area contributed by atoms with E-state index in [-0.39, 0.29) is 0 Å². The normalized spacial score (nSPS) is 11.6. The molecular weight excluding hydrogens is 448 g/mol. The van der Waals surface area contributed by atoms with Gasteiger partial charge in [-0.3, -0.25) is 0 Å². The average molecular weight is 469 g/mol. The molecule has 0 spiro atoms. The maximum atomic E-state index is 4.92. The fourth-order valence-electron chi connectivity index (χ4n) is 4.72. The summed E-state index contributed by atoms with van der Waals surface area (Å²) in [5, 5.41) is 3.97. The third-order valence-electron chi connectivity index (χ3n) is 6.41. The number of hydrogen-bond donors (Lipinski definition) is 0. The van der Waals surface area contributed by atoms with E-state index in [9.17, 15) is 0 Å². The number of rotatable bonds is 0. The first kappa shape index (κ1) is 20.4. The van der Waals surface area contributed by atoms with Gasteiger partial charge in [0, 0.05) is 35.6 Å². The lowest BCUT2D eigenvalue weighted by atomic mass is 10.2. The second kappa shape index (κ2) is 7.78. The van der Waals surface area contributed by atoms with Crippen LogP contribution in [0.3, 0.4) is 0 Å². The second-order valence-corrected chi connectivity index (χ2v) is 8.66. The van der Waals surface area contributed by atoms with Crippen LogP contribution in [0.5, 0.6) is 0 Å². The van der Waals surface area contributed by atoms with Crippen LogP contribution in [0.2, 0.25) is 0 Å². The molecule has 0 saturated carbocycles. The highest BCUT2D eigenvalue weighted by Crippen LogP contribution is 2.26. The van der Waals surface area contributed by atoms with Crippen LogP contribution in [0.25, 0.3) is 66.7 Å². The Morgan fingerprint density at radius 2 is 0.639 bits per heavy atom. The van der Waals surface area contributed by atoms with E-state index in [2.05, 4.69) is 0 Å². The van der Waals surface area contributed by atoms with E-state index >= 15 is 0 Å². The molecule has 0 aliphatic rings. The summed E-state index contributed by atoms with van der Waals surface area (Å²) >= 11 is 0. The van der Waals surface area contributed by atoms with Gasteiger partial charge >= 0.3 is 0 Å². The van der Waals surface area contributed by atoms with E-state index < -0.39 is 0 Å². The molecule has 0 radical (unpaired) electrons. The van der Waals surface area contributed by atoms with E-state index in [1.54, 1.807) is 0 Å². The van der Waals surface area contributed by atoms with Crippen molar-refractivity contribution >= 4 is 66.7 Å². The summed E-state index contributed by atoms with van der Waals surface area (Å²) in [7, 11) is 3.92.